The van der Waals surface area contributed by atoms with Crippen LogP contribution in [-0.2, 0) is 4.74 Å². The fourth-order valence-electron chi connectivity index (χ4n) is 2.42. The smallest absolute Gasteiger partial charge is 0.277 e. The molecule has 9 nitrogen and oxygen atoms in total. The van der Waals surface area contributed by atoms with Gasteiger partial charge in [-0.1, -0.05) is 5.16 Å². The van der Waals surface area contributed by atoms with Crippen molar-refractivity contribution < 1.29 is 18.5 Å². The second kappa shape index (κ2) is 6.73. The summed E-state index contributed by atoms with van der Waals surface area (Å²) >= 11 is 0. The predicted molar refractivity (Wildman–Crippen MR) is 87.2 cm³/mol. The van der Waals surface area contributed by atoms with Gasteiger partial charge in [-0.15, -0.1) is 0 Å². The molecule has 1 N–H and O–H groups in total. The number of hydrogen-bond acceptors (Lipinski definition) is 8. The molecule has 0 radical (unpaired) electrons. The van der Waals surface area contributed by atoms with Crippen LogP contribution in [-0.4, -0.2) is 47.3 Å². The van der Waals surface area contributed by atoms with E-state index in [1.54, 1.807) is 24.5 Å². The van der Waals surface area contributed by atoms with Crippen molar-refractivity contribution in [3.05, 3.63) is 42.5 Å². The third kappa shape index (κ3) is 3.36. The number of furan rings is 1. The molecular weight excluding hydrogens is 326 g/mol. The van der Waals surface area contributed by atoms with Crippen LogP contribution < -0.4 is 10.2 Å². The number of hydrogen-bond donors (Lipinski definition) is 1. The van der Waals surface area contributed by atoms with Crippen LogP contribution in [0.5, 0.6) is 0 Å². The molecule has 1 aliphatic rings. The van der Waals surface area contributed by atoms with E-state index in [1.807, 2.05) is 4.90 Å². The summed E-state index contributed by atoms with van der Waals surface area (Å²) < 4.78 is 15.6. The van der Waals surface area contributed by atoms with Gasteiger partial charge < -0.3 is 23.9 Å². The van der Waals surface area contributed by atoms with Crippen molar-refractivity contribution in [2.45, 2.75) is 0 Å². The van der Waals surface area contributed by atoms with Gasteiger partial charge in [-0.25, -0.2) is 9.97 Å². The molecule has 25 heavy (non-hydrogen) atoms. The molecule has 4 rings (SSSR count). The fraction of sp³-hybridized carbons (Fsp3) is 0.250. The van der Waals surface area contributed by atoms with Crippen molar-refractivity contribution in [3.63, 3.8) is 0 Å². The number of rotatable bonds is 4. The molecule has 1 saturated heterocycles. The van der Waals surface area contributed by atoms with E-state index in [9.17, 15) is 4.79 Å². The van der Waals surface area contributed by atoms with E-state index in [1.165, 1.54) is 12.3 Å². The molecule has 0 aliphatic carbocycles. The van der Waals surface area contributed by atoms with Crippen LogP contribution in [0.1, 0.15) is 10.5 Å². The summed E-state index contributed by atoms with van der Waals surface area (Å²) in [5.74, 6) is 1.09. The minimum absolute atomic E-state index is 0.142. The third-order valence-electron chi connectivity index (χ3n) is 3.70. The first-order valence-electron chi connectivity index (χ1n) is 7.76. The third-order valence-corrected chi connectivity index (χ3v) is 3.70. The minimum atomic E-state index is -0.413. The average Bonchev–Trinajstić information content (AvgIpc) is 3.35. The van der Waals surface area contributed by atoms with E-state index in [-0.39, 0.29) is 5.69 Å². The van der Waals surface area contributed by atoms with Crippen molar-refractivity contribution in [3.8, 4) is 11.5 Å². The lowest BCUT2D eigenvalue weighted by Gasteiger charge is -2.26. The maximum absolute atomic E-state index is 12.2. The van der Waals surface area contributed by atoms with Crippen LogP contribution in [0.2, 0.25) is 0 Å². The predicted octanol–water partition coefficient (Wildman–Crippen LogP) is 1.81. The lowest BCUT2D eigenvalue weighted by Crippen LogP contribution is -2.37. The van der Waals surface area contributed by atoms with E-state index in [4.69, 9.17) is 13.7 Å². The minimum Gasteiger partial charge on any atom is -0.461 e. The summed E-state index contributed by atoms with van der Waals surface area (Å²) in [6.45, 7) is 2.82. The molecule has 128 valence electrons. The maximum Gasteiger partial charge on any atom is 0.277 e. The quantitative estimate of drug-likeness (QED) is 0.766. The van der Waals surface area contributed by atoms with Crippen molar-refractivity contribution in [2.24, 2.45) is 0 Å². The van der Waals surface area contributed by atoms with Crippen LogP contribution in [0.4, 0.5) is 11.6 Å². The SMILES string of the molecule is O=C(Nc1cnc(N2CCOCC2)nc1)c1cc(-c2ccco2)on1. The topological polar surface area (TPSA) is 107 Å². The van der Waals surface area contributed by atoms with Gasteiger partial charge in [-0.3, -0.25) is 4.79 Å². The lowest BCUT2D eigenvalue weighted by atomic mass is 10.3. The van der Waals surface area contributed by atoms with Crippen LogP contribution in [0.3, 0.4) is 0 Å². The van der Waals surface area contributed by atoms with Crippen LogP contribution in [0.25, 0.3) is 11.5 Å². The zero-order chi connectivity index (χ0) is 17.1. The number of carbonyl (C=O) groups is 1. The van der Waals surface area contributed by atoms with Crippen molar-refractivity contribution in [1.82, 2.24) is 15.1 Å². The first-order valence-corrected chi connectivity index (χ1v) is 7.76. The maximum atomic E-state index is 12.2. The molecule has 1 aliphatic heterocycles. The zero-order valence-corrected chi connectivity index (χ0v) is 13.2. The summed E-state index contributed by atoms with van der Waals surface area (Å²) in [5, 5.41) is 6.44. The Labute approximate surface area is 142 Å². The highest BCUT2D eigenvalue weighted by molar-refractivity contribution is 6.03. The summed E-state index contributed by atoms with van der Waals surface area (Å²) in [6, 6.07) is 4.96. The summed E-state index contributed by atoms with van der Waals surface area (Å²) in [5.41, 5.74) is 0.619. The Kier molecular flexibility index (Phi) is 4.13. The van der Waals surface area contributed by atoms with Gasteiger partial charge in [0.1, 0.15) is 0 Å². The molecule has 0 bridgehead atoms. The number of amides is 1. The number of aromatic nitrogens is 3. The van der Waals surface area contributed by atoms with E-state index in [2.05, 4.69) is 20.4 Å². The van der Waals surface area contributed by atoms with Gasteiger partial charge >= 0.3 is 0 Å². The van der Waals surface area contributed by atoms with Gasteiger partial charge in [0.15, 0.2) is 11.5 Å². The number of carbonyl (C=O) groups excluding carboxylic acids is 1. The van der Waals surface area contributed by atoms with E-state index >= 15 is 0 Å². The molecule has 4 heterocycles. The van der Waals surface area contributed by atoms with Crippen LogP contribution in [0.15, 0.2) is 45.8 Å². The van der Waals surface area contributed by atoms with E-state index in [0.29, 0.717) is 36.4 Å². The van der Waals surface area contributed by atoms with Crippen LogP contribution >= 0.6 is 0 Å². The Morgan fingerprint density at radius 3 is 2.68 bits per heavy atom. The Balaban J connectivity index is 1.42. The number of ether oxygens (including phenoxy) is 1. The standard InChI is InChI=1S/C16H15N5O4/c22-15(12-8-14(25-20-12)13-2-1-5-24-13)19-11-9-17-16(18-10-11)21-3-6-23-7-4-21/h1-2,5,8-10H,3-4,6-7H2,(H,19,22). The Morgan fingerprint density at radius 1 is 1.16 bits per heavy atom. The van der Waals surface area contributed by atoms with Crippen molar-refractivity contribution in [2.75, 3.05) is 36.5 Å². The summed E-state index contributed by atoms with van der Waals surface area (Å²) in [4.78, 5) is 22.8. The molecule has 0 aromatic carbocycles. The highest BCUT2D eigenvalue weighted by atomic mass is 16.5. The highest BCUT2D eigenvalue weighted by Crippen LogP contribution is 2.21. The zero-order valence-electron chi connectivity index (χ0n) is 13.2. The highest BCUT2D eigenvalue weighted by Gasteiger charge is 2.17. The van der Waals surface area contributed by atoms with Crippen LogP contribution in [0, 0.1) is 0 Å². The van der Waals surface area contributed by atoms with Crippen molar-refractivity contribution >= 4 is 17.5 Å². The molecule has 1 fully saturated rings. The largest absolute Gasteiger partial charge is 0.461 e. The molecule has 0 unspecified atom stereocenters. The molecule has 0 saturated carbocycles. The average molecular weight is 341 g/mol. The number of nitrogens with zero attached hydrogens (tertiary/aromatic N) is 4. The Morgan fingerprint density at radius 2 is 1.96 bits per heavy atom. The Hall–Kier alpha value is -3.20. The lowest BCUT2D eigenvalue weighted by molar-refractivity contribution is 0.101. The molecule has 0 atom stereocenters. The molecule has 3 aromatic rings. The van der Waals surface area contributed by atoms with Gasteiger partial charge in [0, 0.05) is 19.2 Å². The van der Waals surface area contributed by atoms with Gasteiger partial charge in [0.05, 0.1) is 37.6 Å². The molecule has 1 amide bonds. The second-order valence-electron chi connectivity index (χ2n) is 5.38. The molecule has 9 heteroatoms. The number of morpholine rings is 1. The van der Waals surface area contributed by atoms with E-state index in [0.717, 1.165) is 13.1 Å². The van der Waals surface area contributed by atoms with Gasteiger partial charge in [0.2, 0.25) is 11.7 Å². The first-order chi connectivity index (χ1) is 12.3. The molecular formula is C16H15N5O4. The number of anilines is 2. The molecule has 0 spiro atoms. The van der Waals surface area contributed by atoms with Crippen molar-refractivity contribution in [1.29, 1.82) is 0 Å². The number of nitrogens with one attached hydrogen (secondary N) is 1. The fourth-order valence-corrected chi connectivity index (χ4v) is 2.42. The Bertz CT molecular complexity index is 838. The normalized spacial score (nSPS) is 14.5. The first kappa shape index (κ1) is 15.3. The van der Waals surface area contributed by atoms with Gasteiger partial charge in [-0.2, -0.15) is 0 Å². The molecule has 3 aromatic heterocycles. The summed E-state index contributed by atoms with van der Waals surface area (Å²) in [6.07, 6.45) is 4.64. The second-order valence-corrected chi connectivity index (χ2v) is 5.38. The summed E-state index contributed by atoms with van der Waals surface area (Å²) in [7, 11) is 0. The van der Waals surface area contributed by atoms with Gasteiger partial charge in [-0.05, 0) is 12.1 Å². The van der Waals surface area contributed by atoms with E-state index < -0.39 is 5.91 Å². The monoisotopic (exact) mass is 341 g/mol. The van der Waals surface area contributed by atoms with Gasteiger partial charge in [0.25, 0.3) is 5.91 Å².